The molecular weight excluding hydrogens is 224 g/mol. The first-order valence-electron chi connectivity index (χ1n) is 3.29. The van der Waals surface area contributed by atoms with Crippen LogP contribution in [-0.4, -0.2) is 9.07 Å². The van der Waals surface area contributed by atoms with Gasteiger partial charge in [0.1, 0.15) is 6.26 Å². The molecule has 1 N–H and O–H groups in total. The SMILES string of the molecule is O=c1ccc2c([nH]1)=CN(Br)OC=2. The number of aromatic nitrogens is 1. The molecule has 0 atom stereocenters. The number of rotatable bonds is 0. The van der Waals surface area contributed by atoms with E-state index in [-0.39, 0.29) is 5.56 Å². The zero-order chi connectivity index (χ0) is 8.55. The molecule has 2 heterocycles. The Labute approximate surface area is 76.1 Å². The van der Waals surface area contributed by atoms with Crippen LogP contribution in [0.25, 0.3) is 12.5 Å². The van der Waals surface area contributed by atoms with Crippen molar-refractivity contribution in [3.63, 3.8) is 0 Å². The van der Waals surface area contributed by atoms with Crippen LogP contribution in [0.5, 0.6) is 0 Å². The summed E-state index contributed by atoms with van der Waals surface area (Å²) in [6.45, 7) is 0. The van der Waals surface area contributed by atoms with Gasteiger partial charge in [-0.05, 0) is 6.07 Å². The summed E-state index contributed by atoms with van der Waals surface area (Å²) in [6.07, 6.45) is 3.18. The lowest BCUT2D eigenvalue weighted by Crippen LogP contribution is -2.37. The average molecular weight is 229 g/mol. The lowest BCUT2D eigenvalue weighted by atomic mass is 10.3. The van der Waals surface area contributed by atoms with E-state index in [4.69, 9.17) is 4.84 Å². The summed E-state index contributed by atoms with van der Waals surface area (Å²) in [5, 5.41) is 1.58. The number of hydrogen-bond donors (Lipinski definition) is 1. The van der Waals surface area contributed by atoms with Crippen LogP contribution in [0, 0.1) is 0 Å². The highest BCUT2D eigenvalue weighted by molar-refractivity contribution is 9.07. The van der Waals surface area contributed by atoms with E-state index in [0.717, 1.165) is 10.6 Å². The van der Waals surface area contributed by atoms with E-state index < -0.39 is 0 Å². The van der Waals surface area contributed by atoms with Gasteiger partial charge in [0.25, 0.3) is 0 Å². The van der Waals surface area contributed by atoms with Crippen LogP contribution in [0.15, 0.2) is 16.9 Å². The molecule has 0 spiro atoms. The molecule has 1 aromatic heterocycles. The lowest BCUT2D eigenvalue weighted by molar-refractivity contribution is 0.102. The lowest BCUT2D eigenvalue weighted by Gasteiger charge is -2.11. The minimum Gasteiger partial charge on any atom is -0.376 e. The Morgan fingerprint density at radius 3 is 3.17 bits per heavy atom. The van der Waals surface area contributed by atoms with Crippen molar-refractivity contribution in [2.24, 2.45) is 0 Å². The Bertz CT molecular complexity index is 465. The topological polar surface area (TPSA) is 45.3 Å². The molecule has 5 heteroatoms. The van der Waals surface area contributed by atoms with E-state index in [1.807, 2.05) is 0 Å². The molecule has 1 aliphatic rings. The molecule has 4 nitrogen and oxygen atoms in total. The second-order valence-electron chi connectivity index (χ2n) is 2.32. The van der Waals surface area contributed by atoms with E-state index in [1.54, 1.807) is 18.5 Å². The summed E-state index contributed by atoms with van der Waals surface area (Å²) in [5.74, 6) is 0. The predicted molar refractivity (Wildman–Crippen MR) is 47.1 cm³/mol. The van der Waals surface area contributed by atoms with Crippen molar-refractivity contribution >= 4 is 28.6 Å². The van der Waals surface area contributed by atoms with Crippen LogP contribution in [0.1, 0.15) is 0 Å². The minimum atomic E-state index is -0.124. The second-order valence-corrected chi connectivity index (χ2v) is 3.02. The molecule has 2 rings (SSSR count). The van der Waals surface area contributed by atoms with Crippen molar-refractivity contribution in [2.75, 3.05) is 0 Å². The number of nitrogens with one attached hydrogen (secondary N) is 1. The summed E-state index contributed by atoms with van der Waals surface area (Å²) in [6, 6.07) is 3.15. The highest BCUT2D eigenvalue weighted by atomic mass is 79.9. The maximum atomic E-state index is 10.9. The maximum Gasteiger partial charge on any atom is 0.248 e. The Morgan fingerprint density at radius 2 is 2.33 bits per heavy atom. The molecule has 0 fully saturated rings. The molecule has 1 aliphatic heterocycles. The number of hydrogen-bond acceptors (Lipinski definition) is 3. The summed E-state index contributed by atoms with van der Waals surface area (Å²) in [5.41, 5.74) is -0.124. The number of fused-ring (bicyclic) bond motifs is 1. The van der Waals surface area contributed by atoms with Crippen LogP contribution >= 0.6 is 16.1 Å². The third-order valence-corrected chi connectivity index (χ3v) is 1.87. The van der Waals surface area contributed by atoms with Crippen molar-refractivity contribution in [2.45, 2.75) is 0 Å². The third-order valence-electron chi connectivity index (χ3n) is 1.49. The zero-order valence-corrected chi connectivity index (χ0v) is 7.54. The van der Waals surface area contributed by atoms with E-state index in [1.165, 1.54) is 10.2 Å². The van der Waals surface area contributed by atoms with Gasteiger partial charge in [0.2, 0.25) is 5.56 Å². The van der Waals surface area contributed by atoms with Crippen LogP contribution in [-0.2, 0) is 4.84 Å². The summed E-state index contributed by atoms with van der Waals surface area (Å²) < 4.78 is 1.34. The van der Waals surface area contributed by atoms with Crippen molar-refractivity contribution < 1.29 is 4.84 Å². The van der Waals surface area contributed by atoms with Crippen LogP contribution in [0.3, 0.4) is 0 Å². The molecule has 0 saturated carbocycles. The molecule has 0 unspecified atom stereocenters. The average Bonchev–Trinajstić information content (AvgIpc) is 2.03. The van der Waals surface area contributed by atoms with E-state index in [2.05, 4.69) is 21.1 Å². The minimum absolute atomic E-state index is 0.124. The van der Waals surface area contributed by atoms with Crippen LogP contribution in [0.2, 0.25) is 0 Å². The van der Waals surface area contributed by atoms with Crippen molar-refractivity contribution in [1.29, 1.82) is 0 Å². The molecule has 0 aromatic carbocycles. The standard InChI is InChI=1S/C7H5BrN2O2/c8-10-3-6-5(4-12-10)1-2-7(11)9-6/h1-4H,(H,9,11). The van der Waals surface area contributed by atoms with Crippen LogP contribution in [0.4, 0.5) is 0 Å². The fourth-order valence-electron chi connectivity index (χ4n) is 0.950. The third kappa shape index (κ3) is 1.23. The van der Waals surface area contributed by atoms with Gasteiger partial charge in [-0.1, -0.05) is 0 Å². The Kier molecular flexibility index (Phi) is 1.65. The van der Waals surface area contributed by atoms with Gasteiger partial charge in [-0.2, -0.15) is 0 Å². The quantitative estimate of drug-likeness (QED) is 0.604. The largest absolute Gasteiger partial charge is 0.376 e. The van der Waals surface area contributed by atoms with Crippen molar-refractivity contribution in [3.8, 4) is 0 Å². The zero-order valence-electron chi connectivity index (χ0n) is 5.95. The molecule has 1 aromatic rings. The van der Waals surface area contributed by atoms with Gasteiger partial charge in [-0.3, -0.25) is 4.79 Å². The first-order valence-corrected chi connectivity index (χ1v) is 4.00. The highest BCUT2D eigenvalue weighted by Crippen LogP contribution is 2.00. The smallest absolute Gasteiger partial charge is 0.248 e. The molecule has 0 saturated heterocycles. The van der Waals surface area contributed by atoms with Gasteiger partial charge in [0.15, 0.2) is 0 Å². The van der Waals surface area contributed by atoms with E-state index in [9.17, 15) is 4.79 Å². The van der Waals surface area contributed by atoms with Gasteiger partial charge >= 0.3 is 0 Å². The second kappa shape index (κ2) is 2.67. The number of H-pyrrole nitrogens is 1. The van der Waals surface area contributed by atoms with Gasteiger partial charge in [-0.25, -0.2) is 0 Å². The van der Waals surface area contributed by atoms with Gasteiger partial charge < -0.3 is 9.82 Å². The Morgan fingerprint density at radius 1 is 1.50 bits per heavy atom. The molecular formula is C7H5BrN2O2. The number of halogens is 1. The van der Waals surface area contributed by atoms with E-state index >= 15 is 0 Å². The fourth-order valence-corrected chi connectivity index (χ4v) is 1.24. The highest BCUT2D eigenvalue weighted by Gasteiger charge is 1.99. The number of hydroxylamine groups is 1. The number of aromatic amines is 1. The number of pyridine rings is 1. The van der Waals surface area contributed by atoms with Gasteiger partial charge in [-0.15, -0.1) is 4.09 Å². The van der Waals surface area contributed by atoms with Gasteiger partial charge in [0, 0.05) is 11.3 Å². The first-order chi connectivity index (χ1) is 5.75. The van der Waals surface area contributed by atoms with Gasteiger partial charge in [0.05, 0.1) is 27.7 Å². The summed E-state index contributed by atoms with van der Waals surface area (Å²) in [7, 11) is 0. The maximum absolute atomic E-state index is 10.9. The first kappa shape index (κ1) is 7.42. The summed E-state index contributed by atoms with van der Waals surface area (Å²) >= 11 is 3.08. The summed E-state index contributed by atoms with van der Waals surface area (Å²) in [4.78, 5) is 18.5. The normalized spacial score (nSPS) is 13.9. The predicted octanol–water partition coefficient (Wildman–Crippen LogP) is -0.592. The van der Waals surface area contributed by atoms with Crippen molar-refractivity contribution in [3.05, 3.63) is 33.1 Å². The Hall–Kier alpha value is -1.23. The fraction of sp³-hybridized carbons (Fsp3) is 0. The molecule has 62 valence electrons. The van der Waals surface area contributed by atoms with Crippen molar-refractivity contribution in [1.82, 2.24) is 9.07 Å². The molecule has 0 radical (unpaired) electrons. The number of nitrogens with zero attached hydrogens (tertiary/aromatic N) is 1. The molecule has 12 heavy (non-hydrogen) atoms. The van der Waals surface area contributed by atoms with E-state index in [0.29, 0.717) is 0 Å². The molecule has 0 aliphatic carbocycles. The monoisotopic (exact) mass is 228 g/mol. The molecule has 0 amide bonds. The van der Waals surface area contributed by atoms with Crippen LogP contribution < -0.4 is 16.1 Å². The molecule has 0 bridgehead atoms. The Balaban J connectivity index is 2.81.